The smallest absolute Gasteiger partial charge is 0.306 e. The fourth-order valence-electron chi connectivity index (χ4n) is 1.48. The molecule has 0 unspecified atom stereocenters. The Morgan fingerprint density at radius 1 is 1.61 bits per heavy atom. The van der Waals surface area contributed by atoms with Gasteiger partial charge >= 0.3 is 5.97 Å². The minimum Gasteiger partial charge on any atom is -0.466 e. The first-order valence-electron chi connectivity index (χ1n) is 5.49. The van der Waals surface area contributed by atoms with Crippen molar-refractivity contribution in [2.75, 3.05) is 11.9 Å². The van der Waals surface area contributed by atoms with Crippen LogP contribution in [0.15, 0.2) is 4.79 Å². The van der Waals surface area contributed by atoms with Gasteiger partial charge in [-0.3, -0.25) is 19.9 Å². The SMILES string of the molecule is CCOC(=O)CCc1c(C)nc(NC#N)[nH]c1=O. The number of carbonyl (C=O) groups is 1. The molecule has 7 heteroatoms. The Kier molecular flexibility index (Phi) is 4.87. The first-order chi connectivity index (χ1) is 8.58. The molecule has 0 spiro atoms. The van der Waals surface area contributed by atoms with Crippen LogP contribution in [0.3, 0.4) is 0 Å². The number of aryl methyl sites for hydroxylation is 1. The summed E-state index contributed by atoms with van der Waals surface area (Å²) < 4.78 is 4.78. The quantitative estimate of drug-likeness (QED) is 0.446. The number of rotatable bonds is 5. The van der Waals surface area contributed by atoms with Crippen molar-refractivity contribution in [3.8, 4) is 6.19 Å². The summed E-state index contributed by atoms with van der Waals surface area (Å²) in [5.74, 6) is -0.254. The van der Waals surface area contributed by atoms with Gasteiger partial charge in [0.1, 0.15) is 0 Å². The summed E-state index contributed by atoms with van der Waals surface area (Å²) in [7, 11) is 0. The van der Waals surface area contributed by atoms with E-state index in [-0.39, 0.29) is 30.3 Å². The molecule has 96 valence electrons. The van der Waals surface area contributed by atoms with E-state index in [0.29, 0.717) is 17.9 Å². The maximum Gasteiger partial charge on any atom is 0.306 e. The average molecular weight is 250 g/mol. The number of aromatic nitrogens is 2. The van der Waals surface area contributed by atoms with Crippen LogP contribution in [0.4, 0.5) is 5.95 Å². The molecular weight excluding hydrogens is 236 g/mol. The first kappa shape index (κ1) is 13.7. The number of anilines is 1. The molecule has 2 N–H and O–H groups in total. The minimum atomic E-state index is -0.357. The number of nitrogens with one attached hydrogen (secondary N) is 2. The molecule has 0 saturated carbocycles. The summed E-state index contributed by atoms with van der Waals surface area (Å²) in [5.41, 5.74) is 0.553. The van der Waals surface area contributed by atoms with Crippen LogP contribution in [0.1, 0.15) is 24.6 Å². The van der Waals surface area contributed by atoms with E-state index in [2.05, 4.69) is 15.3 Å². The number of aromatic amines is 1. The van der Waals surface area contributed by atoms with Crippen LogP contribution >= 0.6 is 0 Å². The van der Waals surface area contributed by atoms with Crippen molar-refractivity contribution in [2.24, 2.45) is 0 Å². The van der Waals surface area contributed by atoms with Crippen molar-refractivity contribution in [3.05, 3.63) is 21.6 Å². The molecule has 1 aromatic rings. The number of esters is 1. The molecule has 1 heterocycles. The number of ether oxygens (including phenoxy) is 1. The largest absolute Gasteiger partial charge is 0.466 e. The van der Waals surface area contributed by atoms with Crippen molar-refractivity contribution in [3.63, 3.8) is 0 Å². The molecule has 0 amide bonds. The predicted molar refractivity (Wildman–Crippen MR) is 63.8 cm³/mol. The highest BCUT2D eigenvalue weighted by Gasteiger charge is 2.10. The monoisotopic (exact) mass is 250 g/mol. The third-order valence-corrected chi connectivity index (χ3v) is 2.28. The van der Waals surface area contributed by atoms with Gasteiger partial charge in [0.15, 0.2) is 6.19 Å². The molecule has 1 rings (SSSR count). The fourth-order valence-corrected chi connectivity index (χ4v) is 1.48. The molecule has 0 fully saturated rings. The van der Waals surface area contributed by atoms with Crippen LogP contribution in [-0.4, -0.2) is 22.5 Å². The molecule has 0 aliphatic heterocycles. The molecular formula is C11H14N4O3. The van der Waals surface area contributed by atoms with E-state index in [1.807, 2.05) is 0 Å². The van der Waals surface area contributed by atoms with E-state index in [4.69, 9.17) is 10.00 Å². The van der Waals surface area contributed by atoms with E-state index in [0.717, 1.165) is 0 Å². The summed E-state index contributed by atoms with van der Waals surface area (Å²) in [5, 5.41) is 10.7. The highest BCUT2D eigenvalue weighted by molar-refractivity contribution is 5.69. The van der Waals surface area contributed by atoms with Crippen molar-refractivity contribution in [1.82, 2.24) is 9.97 Å². The van der Waals surface area contributed by atoms with Crippen molar-refractivity contribution in [2.45, 2.75) is 26.7 Å². The van der Waals surface area contributed by atoms with E-state index in [1.54, 1.807) is 20.0 Å². The third-order valence-electron chi connectivity index (χ3n) is 2.28. The number of hydrogen-bond donors (Lipinski definition) is 2. The van der Waals surface area contributed by atoms with Crippen LogP contribution < -0.4 is 10.9 Å². The predicted octanol–water partition coefficient (Wildman–Crippen LogP) is 0.467. The van der Waals surface area contributed by atoms with Gasteiger partial charge in [0.05, 0.1) is 6.61 Å². The molecule has 0 saturated heterocycles. The zero-order valence-corrected chi connectivity index (χ0v) is 10.2. The summed E-state index contributed by atoms with van der Waals surface area (Å²) in [6.45, 7) is 3.69. The zero-order valence-electron chi connectivity index (χ0n) is 10.2. The van der Waals surface area contributed by atoms with Crippen molar-refractivity contribution >= 4 is 11.9 Å². The van der Waals surface area contributed by atoms with Gasteiger partial charge in [-0.25, -0.2) is 4.98 Å². The highest BCUT2D eigenvalue weighted by atomic mass is 16.5. The first-order valence-corrected chi connectivity index (χ1v) is 5.49. The maximum absolute atomic E-state index is 11.7. The zero-order chi connectivity index (χ0) is 13.5. The number of nitrogens with zero attached hydrogens (tertiary/aromatic N) is 2. The van der Waals surface area contributed by atoms with Crippen molar-refractivity contribution < 1.29 is 9.53 Å². The van der Waals surface area contributed by atoms with Crippen LogP contribution in [0.5, 0.6) is 0 Å². The van der Waals surface area contributed by atoms with E-state index >= 15 is 0 Å². The van der Waals surface area contributed by atoms with Gasteiger partial charge in [-0.1, -0.05) is 0 Å². The fraction of sp³-hybridized carbons (Fsp3) is 0.455. The number of hydrogen-bond acceptors (Lipinski definition) is 6. The lowest BCUT2D eigenvalue weighted by molar-refractivity contribution is -0.143. The summed E-state index contributed by atoms with van der Waals surface area (Å²) in [6, 6.07) is 0. The van der Waals surface area contributed by atoms with Crippen LogP contribution in [0.25, 0.3) is 0 Å². The van der Waals surface area contributed by atoms with Crippen LogP contribution in [0.2, 0.25) is 0 Å². The number of carbonyl (C=O) groups excluding carboxylic acids is 1. The van der Waals surface area contributed by atoms with Gasteiger partial charge in [0, 0.05) is 17.7 Å². The van der Waals surface area contributed by atoms with Gasteiger partial charge in [-0.05, 0) is 20.3 Å². The third kappa shape index (κ3) is 3.59. The molecule has 7 nitrogen and oxygen atoms in total. The lowest BCUT2D eigenvalue weighted by Crippen LogP contribution is -2.19. The van der Waals surface area contributed by atoms with Gasteiger partial charge in [-0.15, -0.1) is 0 Å². The molecule has 0 radical (unpaired) electrons. The normalized spacial score (nSPS) is 9.61. The lowest BCUT2D eigenvalue weighted by Gasteiger charge is -2.05. The van der Waals surface area contributed by atoms with Crippen molar-refractivity contribution in [1.29, 1.82) is 5.26 Å². The lowest BCUT2D eigenvalue weighted by atomic mass is 10.1. The second-order valence-electron chi connectivity index (χ2n) is 3.52. The minimum absolute atomic E-state index is 0.0971. The summed E-state index contributed by atoms with van der Waals surface area (Å²) in [6.07, 6.45) is 2.06. The Bertz CT molecular complexity index is 530. The van der Waals surface area contributed by atoms with E-state index in [1.165, 1.54) is 0 Å². The molecule has 0 bridgehead atoms. The average Bonchev–Trinajstić information content (AvgIpc) is 2.28. The molecule has 0 aliphatic carbocycles. The Morgan fingerprint density at radius 2 is 2.33 bits per heavy atom. The topological polar surface area (TPSA) is 108 Å². The summed E-state index contributed by atoms with van der Waals surface area (Å²) in [4.78, 5) is 29.3. The van der Waals surface area contributed by atoms with Crippen LogP contribution in [-0.2, 0) is 16.0 Å². The van der Waals surface area contributed by atoms with E-state index < -0.39 is 0 Å². The molecule has 1 aromatic heterocycles. The van der Waals surface area contributed by atoms with Gasteiger partial charge in [0.2, 0.25) is 5.95 Å². The maximum atomic E-state index is 11.7. The number of H-pyrrole nitrogens is 1. The standard InChI is InChI=1S/C11H14N4O3/c1-3-18-9(16)5-4-8-7(2)14-11(13-6-12)15-10(8)17/h3-5H2,1-2H3,(H2,13,14,15,17). The Morgan fingerprint density at radius 3 is 2.89 bits per heavy atom. The molecule has 0 aromatic carbocycles. The second kappa shape index (κ2) is 6.39. The van der Waals surface area contributed by atoms with E-state index in [9.17, 15) is 9.59 Å². The number of nitriles is 1. The Labute approximate surface area is 104 Å². The highest BCUT2D eigenvalue weighted by Crippen LogP contribution is 2.05. The van der Waals surface area contributed by atoms with Gasteiger partial charge < -0.3 is 4.74 Å². The second-order valence-corrected chi connectivity index (χ2v) is 3.52. The van der Waals surface area contributed by atoms with Gasteiger partial charge in [-0.2, -0.15) is 5.26 Å². The summed E-state index contributed by atoms with van der Waals surface area (Å²) >= 11 is 0. The van der Waals surface area contributed by atoms with Crippen LogP contribution in [0, 0.1) is 18.4 Å². The Balaban J connectivity index is 2.81. The molecule has 0 atom stereocenters. The molecule has 0 aliphatic rings. The Hall–Kier alpha value is -2.36. The molecule has 18 heavy (non-hydrogen) atoms. The van der Waals surface area contributed by atoms with Gasteiger partial charge in [0.25, 0.3) is 5.56 Å².